The van der Waals surface area contributed by atoms with Crippen LogP contribution in [-0.4, -0.2) is 14.5 Å². The minimum Gasteiger partial charge on any atom is -0.420 e. The van der Waals surface area contributed by atoms with Gasteiger partial charge in [0.2, 0.25) is 5.95 Å². The standard InChI is InChI=1S/C13H10ClN3O2/c1-7-5-8(2)16-13(15-7)17-4-3-9-10(6-17)19-12(18)11(9)14/h3-6H,1-2H3. The zero-order chi connectivity index (χ0) is 13.6. The van der Waals surface area contributed by atoms with Crippen LogP contribution in [0, 0.1) is 13.8 Å². The van der Waals surface area contributed by atoms with Crippen molar-refractivity contribution in [2.24, 2.45) is 0 Å². The highest BCUT2D eigenvalue weighted by Crippen LogP contribution is 2.27. The number of pyridine rings is 1. The Morgan fingerprint density at radius 3 is 2.63 bits per heavy atom. The molecule has 0 unspecified atom stereocenters. The highest BCUT2D eigenvalue weighted by molar-refractivity contribution is 6.33. The van der Waals surface area contributed by atoms with Gasteiger partial charge in [-0.1, -0.05) is 11.6 Å². The second-order valence-electron chi connectivity index (χ2n) is 4.28. The van der Waals surface area contributed by atoms with E-state index < -0.39 is 5.63 Å². The van der Waals surface area contributed by atoms with Gasteiger partial charge in [-0.25, -0.2) is 14.8 Å². The van der Waals surface area contributed by atoms with E-state index in [4.69, 9.17) is 16.0 Å². The maximum absolute atomic E-state index is 11.4. The van der Waals surface area contributed by atoms with Crippen molar-refractivity contribution in [1.82, 2.24) is 14.5 Å². The van der Waals surface area contributed by atoms with Gasteiger partial charge in [-0.2, -0.15) is 0 Å². The Hall–Kier alpha value is -2.14. The number of halogens is 1. The maximum atomic E-state index is 11.4. The molecular weight excluding hydrogens is 266 g/mol. The fourth-order valence-electron chi connectivity index (χ4n) is 1.94. The summed E-state index contributed by atoms with van der Waals surface area (Å²) >= 11 is 5.84. The molecule has 0 aliphatic carbocycles. The molecule has 1 aromatic rings. The lowest BCUT2D eigenvalue weighted by atomic mass is 10.2. The highest BCUT2D eigenvalue weighted by Gasteiger charge is 2.16. The van der Waals surface area contributed by atoms with Crippen LogP contribution in [0.4, 0.5) is 0 Å². The largest absolute Gasteiger partial charge is 0.420 e. The van der Waals surface area contributed by atoms with Crippen molar-refractivity contribution in [1.29, 1.82) is 0 Å². The molecular formula is C13H10ClN3O2. The van der Waals surface area contributed by atoms with E-state index in [-0.39, 0.29) is 5.02 Å². The first-order valence-corrected chi connectivity index (χ1v) is 6.05. The third kappa shape index (κ3) is 2.02. The Morgan fingerprint density at radius 1 is 1.26 bits per heavy atom. The van der Waals surface area contributed by atoms with E-state index in [1.807, 2.05) is 19.9 Å². The molecule has 5 nitrogen and oxygen atoms in total. The van der Waals surface area contributed by atoms with Crippen molar-refractivity contribution in [2.45, 2.75) is 13.8 Å². The molecule has 1 aromatic heterocycles. The van der Waals surface area contributed by atoms with Gasteiger partial charge in [-0.15, -0.1) is 0 Å². The summed E-state index contributed by atoms with van der Waals surface area (Å²) in [5.41, 5.74) is 1.80. The van der Waals surface area contributed by atoms with E-state index in [9.17, 15) is 4.79 Å². The minimum absolute atomic E-state index is 0.100. The van der Waals surface area contributed by atoms with Crippen LogP contribution in [0.5, 0.6) is 0 Å². The Morgan fingerprint density at radius 2 is 1.95 bits per heavy atom. The summed E-state index contributed by atoms with van der Waals surface area (Å²) in [5, 5.41) is 0.100. The lowest BCUT2D eigenvalue weighted by Gasteiger charge is -2.07. The van der Waals surface area contributed by atoms with Crippen LogP contribution in [0.1, 0.15) is 11.4 Å². The summed E-state index contributed by atoms with van der Waals surface area (Å²) in [6, 6.07) is 3.60. The van der Waals surface area contributed by atoms with Gasteiger partial charge in [0.15, 0.2) is 5.76 Å². The fraction of sp³-hybridized carbons (Fsp3) is 0.154. The van der Waals surface area contributed by atoms with E-state index in [2.05, 4.69) is 9.97 Å². The molecule has 3 heterocycles. The van der Waals surface area contributed by atoms with Crippen molar-refractivity contribution in [3.63, 3.8) is 0 Å². The summed E-state index contributed by atoms with van der Waals surface area (Å²) in [6.07, 6.45) is 3.40. The van der Waals surface area contributed by atoms with E-state index in [1.165, 1.54) is 0 Å². The van der Waals surface area contributed by atoms with Gasteiger partial charge in [0.25, 0.3) is 0 Å². The minimum atomic E-state index is -0.532. The number of aryl methyl sites for hydroxylation is 2. The summed E-state index contributed by atoms with van der Waals surface area (Å²) < 4.78 is 6.75. The average Bonchev–Trinajstić information content (AvgIpc) is 2.63. The summed E-state index contributed by atoms with van der Waals surface area (Å²) in [4.78, 5) is 20.0. The number of hydrogen-bond acceptors (Lipinski definition) is 4. The van der Waals surface area contributed by atoms with Crippen molar-refractivity contribution in [3.8, 4) is 17.3 Å². The number of nitrogens with zero attached hydrogens (tertiary/aromatic N) is 3. The van der Waals surface area contributed by atoms with Crippen molar-refractivity contribution < 1.29 is 4.42 Å². The van der Waals surface area contributed by atoms with Crippen molar-refractivity contribution in [3.05, 3.63) is 51.4 Å². The van der Waals surface area contributed by atoms with Gasteiger partial charge in [0.1, 0.15) is 5.02 Å². The first kappa shape index (κ1) is 11.9. The smallest absolute Gasteiger partial charge is 0.355 e. The van der Waals surface area contributed by atoms with E-state index in [0.717, 1.165) is 11.4 Å². The quantitative estimate of drug-likeness (QED) is 0.685. The Labute approximate surface area is 113 Å². The molecule has 0 atom stereocenters. The molecule has 0 saturated heterocycles. The lowest BCUT2D eigenvalue weighted by Crippen LogP contribution is -2.04. The van der Waals surface area contributed by atoms with Gasteiger partial charge < -0.3 is 4.42 Å². The fourth-order valence-corrected chi connectivity index (χ4v) is 2.14. The van der Waals surface area contributed by atoms with Crippen LogP contribution >= 0.6 is 11.6 Å². The number of fused-ring (bicyclic) bond motifs is 1. The van der Waals surface area contributed by atoms with E-state index in [1.54, 1.807) is 23.0 Å². The molecule has 19 heavy (non-hydrogen) atoms. The zero-order valence-corrected chi connectivity index (χ0v) is 11.1. The Balaban J connectivity index is 2.21. The molecule has 0 fully saturated rings. The predicted molar refractivity (Wildman–Crippen MR) is 71.0 cm³/mol. The van der Waals surface area contributed by atoms with Crippen LogP contribution in [0.15, 0.2) is 33.7 Å². The first-order chi connectivity index (χ1) is 9.04. The van der Waals surface area contributed by atoms with Crippen LogP contribution in [0.3, 0.4) is 0 Å². The van der Waals surface area contributed by atoms with Gasteiger partial charge in [0.05, 0.1) is 6.20 Å². The Bertz CT molecular complexity index is 771. The normalized spacial score (nSPS) is 11.1. The summed E-state index contributed by atoms with van der Waals surface area (Å²) in [5.74, 6) is 0.944. The predicted octanol–water partition coefficient (Wildman–Crippen LogP) is 2.60. The van der Waals surface area contributed by atoms with Crippen LogP contribution < -0.4 is 5.63 Å². The van der Waals surface area contributed by atoms with Gasteiger partial charge >= 0.3 is 5.63 Å². The molecule has 0 bridgehead atoms. The molecule has 2 aliphatic rings. The number of rotatable bonds is 1. The molecule has 6 heteroatoms. The highest BCUT2D eigenvalue weighted by atomic mass is 35.5. The first-order valence-electron chi connectivity index (χ1n) is 5.67. The van der Waals surface area contributed by atoms with E-state index >= 15 is 0 Å². The number of aromatic nitrogens is 3. The van der Waals surface area contributed by atoms with Gasteiger partial charge in [0, 0.05) is 23.1 Å². The second-order valence-corrected chi connectivity index (χ2v) is 4.66. The second kappa shape index (κ2) is 4.20. The van der Waals surface area contributed by atoms with Crippen LogP contribution in [0.25, 0.3) is 17.3 Å². The number of hydrogen-bond donors (Lipinski definition) is 0. The SMILES string of the molecule is Cc1cc(C)nc(-n2ccc3c(Cl)c(=O)oc-3c2)n1. The average molecular weight is 276 g/mol. The summed E-state index contributed by atoms with van der Waals surface area (Å²) in [7, 11) is 0. The summed E-state index contributed by atoms with van der Waals surface area (Å²) in [6.45, 7) is 3.80. The molecule has 0 amide bonds. The monoisotopic (exact) mass is 275 g/mol. The molecule has 96 valence electrons. The molecule has 0 N–H and O–H groups in total. The third-order valence-corrected chi connectivity index (χ3v) is 3.10. The number of furan rings is 1. The molecule has 2 aliphatic heterocycles. The molecule has 0 aromatic carbocycles. The van der Waals surface area contributed by atoms with E-state index in [0.29, 0.717) is 17.3 Å². The van der Waals surface area contributed by atoms with Crippen LogP contribution in [0.2, 0.25) is 5.02 Å². The maximum Gasteiger partial charge on any atom is 0.355 e. The molecule has 0 saturated carbocycles. The van der Waals surface area contributed by atoms with Crippen molar-refractivity contribution in [2.75, 3.05) is 0 Å². The van der Waals surface area contributed by atoms with Gasteiger partial charge in [-0.3, -0.25) is 4.57 Å². The molecule has 0 radical (unpaired) electrons. The topological polar surface area (TPSA) is 60.9 Å². The third-order valence-electron chi connectivity index (χ3n) is 2.74. The van der Waals surface area contributed by atoms with Crippen molar-refractivity contribution >= 4 is 11.6 Å². The van der Waals surface area contributed by atoms with Crippen LogP contribution in [-0.2, 0) is 0 Å². The lowest BCUT2D eigenvalue weighted by molar-refractivity contribution is 0.541. The molecule has 3 rings (SSSR count). The molecule has 0 spiro atoms. The Kier molecular flexibility index (Phi) is 2.64. The zero-order valence-electron chi connectivity index (χ0n) is 10.3. The van der Waals surface area contributed by atoms with Gasteiger partial charge in [-0.05, 0) is 26.0 Å².